The molecule has 2 fully saturated rings. The third-order valence-electron chi connectivity index (χ3n) is 7.41. The van der Waals surface area contributed by atoms with Gasteiger partial charge in [0.2, 0.25) is 11.8 Å². The Morgan fingerprint density at radius 1 is 1.03 bits per heavy atom. The lowest BCUT2D eigenvalue weighted by Gasteiger charge is -2.29. The normalized spacial score (nSPS) is 22.1. The summed E-state index contributed by atoms with van der Waals surface area (Å²) in [4.78, 5) is 31.5. The minimum absolute atomic E-state index is 0.0478. The summed E-state index contributed by atoms with van der Waals surface area (Å²) in [6, 6.07) is 17.9. The van der Waals surface area contributed by atoms with Gasteiger partial charge in [-0.25, -0.2) is 4.98 Å². The second-order valence-electron chi connectivity index (χ2n) is 10.2. The Kier molecular flexibility index (Phi) is 8.11. The van der Waals surface area contributed by atoms with Crippen molar-refractivity contribution in [2.45, 2.75) is 76.9 Å². The highest BCUT2D eigenvalue weighted by Gasteiger charge is 2.39. The van der Waals surface area contributed by atoms with E-state index in [1.54, 1.807) is 0 Å². The van der Waals surface area contributed by atoms with E-state index in [0.717, 1.165) is 61.1 Å². The first-order valence-corrected chi connectivity index (χ1v) is 14.0. The summed E-state index contributed by atoms with van der Waals surface area (Å²) in [5, 5.41) is -0.396. The number of nitrogens with zero attached hydrogens (tertiary/aromatic N) is 2. The summed E-state index contributed by atoms with van der Waals surface area (Å²) in [7, 11) is 0. The zero-order valence-electron chi connectivity index (χ0n) is 21.5. The summed E-state index contributed by atoms with van der Waals surface area (Å²) in [5.41, 5.74) is 4.00. The second kappa shape index (κ2) is 11.7. The van der Waals surface area contributed by atoms with Gasteiger partial charge >= 0.3 is 0 Å². The fourth-order valence-electron chi connectivity index (χ4n) is 5.21. The van der Waals surface area contributed by atoms with E-state index in [9.17, 15) is 9.59 Å². The molecular weight excluding hydrogens is 484 g/mol. The number of aryl methyl sites for hydroxylation is 2. The minimum atomic E-state index is -0.268. The lowest BCUT2D eigenvalue weighted by Crippen LogP contribution is -2.31. The van der Waals surface area contributed by atoms with Crippen LogP contribution in [-0.2, 0) is 22.7 Å². The monoisotopic (exact) mass is 518 g/mol. The van der Waals surface area contributed by atoms with Gasteiger partial charge in [0, 0.05) is 5.56 Å². The van der Waals surface area contributed by atoms with Crippen molar-refractivity contribution >= 4 is 22.9 Å². The molecule has 0 radical (unpaired) electrons. The highest BCUT2D eigenvalue weighted by atomic mass is 32.2. The third-order valence-corrected chi connectivity index (χ3v) is 8.55. The minimum Gasteiger partial charge on any atom is -0.441 e. The van der Waals surface area contributed by atoms with Crippen LogP contribution in [0.15, 0.2) is 59.0 Å². The standard InChI is InChI=1S/C30H34N2O4S/c1-20-11-14-24(15-12-20)28-31-26(21(2)36-28)19-35-25-10-6-9-22(17-25)13-16-27-29(33)32(30(34)37-27)18-23-7-4-3-5-8-23/h3-5,7-8,11-12,14-15,22,25,27H,6,9-10,13,16-19H2,1-2H3/t22-,25-,27?/m1/s1. The number of oxazole rings is 1. The van der Waals surface area contributed by atoms with Gasteiger partial charge in [0.25, 0.3) is 5.24 Å². The molecule has 2 aromatic carbocycles. The van der Waals surface area contributed by atoms with Crippen LogP contribution in [0.3, 0.4) is 0 Å². The number of imide groups is 1. The lowest BCUT2D eigenvalue weighted by atomic mass is 9.84. The predicted molar refractivity (Wildman–Crippen MR) is 145 cm³/mol. The highest BCUT2D eigenvalue weighted by Crippen LogP contribution is 2.36. The maximum Gasteiger partial charge on any atom is 0.289 e. The molecule has 2 aliphatic rings. The van der Waals surface area contributed by atoms with Crippen molar-refractivity contribution in [2.75, 3.05) is 0 Å². The van der Waals surface area contributed by atoms with E-state index in [2.05, 4.69) is 24.0 Å². The largest absolute Gasteiger partial charge is 0.441 e. The van der Waals surface area contributed by atoms with Crippen molar-refractivity contribution in [3.63, 3.8) is 0 Å². The molecule has 3 atom stereocenters. The van der Waals surface area contributed by atoms with E-state index in [0.29, 0.717) is 25.0 Å². The van der Waals surface area contributed by atoms with Gasteiger partial charge in [-0.15, -0.1) is 0 Å². The van der Waals surface area contributed by atoms with Crippen molar-refractivity contribution in [1.82, 2.24) is 9.88 Å². The predicted octanol–water partition coefficient (Wildman–Crippen LogP) is 7.08. The average Bonchev–Trinajstić information content (AvgIpc) is 3.41. The summed E-state index contributed by atoms with van der Waals surface area (Å²) in [6.45, 7) is 4.80. The van der Waals surface area contributed by atoms with E-state index >= 15 is 0 Å². The van der Waals surface area contributed by atoms with Crippen LogP contribution < -0.4 is 0 Å². The number of ether oxygens (including phenoxy) is 1. The molecule has 2 heterocycles. The molecule has 1 aliphatic heterocycles. The average molecular weight is 519 g/mol. The number of benzene rings is 2. The lowest BCUT2D eigenvalue weighted by molar-refractivity contribution is -0.127. The molecule has 194 valence electrons. The van der Waals surface area contributed by atoms with Crippen LogP contribution in [-0.4, -0.2) is 32.4 Å². The summed E-state index contributed by atoms with van der Waals surface area (Å²) < 4.78 is 12.2. The molecule has 37 heavy (non-hydrogen) atoms. The van der Waals surface area contributed by atoms with Gasteiger partial charge in [0.15, 0.2) is 0 Å². The SMILES string of the molecule is Cc1ccc(-c2nc(CO[C@@H]3CCC[C@H](CCC4SC(=O)N(Cc5ccccc5)C4=O)C3)c(C)o2)cc1. The van der Waals surface area contributed by atoms with Gasteiger partial charge in [0.1, 0.15) is 11.5 Å². The summed E-state index contributed by atoms with van der Waals surface area (Å²) >= 11 is 1.19. The molecule has 1 saturated carbocycles. The molecule has 6 nitrogen and oxygen atoms in total. The molecule has 0 bridgehead atoms. The van der Waals surface area contributed by atoms with E-state index in [1.807, 2.05) is 49.4 Å². The summed E-state index contributed by atoms with van der Waals surface area (Å²) in [5.74, 6) is 1.89. The number of hydrogen-bond acceptors (Lipinski definition) is 6. The maximum absolute atomic E-state index is 12.9. The molecule has 0 spiro atoms. The Morgan fingerprint density at radius 3 is 2.59 bits per heavy atom. The van der Waals surface area contributed by atoms with E-state index < -0.39 is 0 Å². The van der Waals surface area contributed by atoms with Gasteiger partial charge in [-0.1, -0.05) is 72.6 Å². The number of thioether (sulfide) groups is 1. The first-order valence-electron chi connectivity index (χ1n) is 13.2. The Balaban J connectivity index is 1.10. The fourth-order valence-corrected chi connectivity index (χ4v) is 6.22. The number of aromatic nitrogens is 1. The number of rotatable bonds is 9. The molecule has 0 N–H and O–H groups in total. The van der Waals surface area contributed by atoms with Crippen LogP contribution in [0.2, 0.25) is 0 Å². The van der Waals surface area contributed by atoms with Crippen LogP contribution in [0.1, 0.15) is 61.1 Å². The second-order valence-corrected chi connectivity index (χ2v) is 11.4. The van der Waals surface area contributed by atoms with E-state index in [-0.39, 0.29) is 22.5 Å². The van der Waals surface area contributed by atoms with Crippen LogP contribution in [0, 0.1) is 19.8 Å². The molecule has 3 aromatic rings. The quantitative estimate of drug-likeness (QED) is 0.301. The van der Waals surface area contributed by atoms with Gasteiger partial charge in [0.05, 0.1) is 24.5 Å². The number of hydrogen-bond donors (Lipinski definition) is 0. The number of carbonyl (C=O) groups excluding carboxylic acids is 2. The van der Waals surface area contributed by atoms with Crippen LogP contribution >= 0.6 is 11.8 Å². The van der Waals surface area contributed by atoms with Gasteiger partial charge < -0.3 is 9.15 Å². The maximum atomic E-state index is 12.9. The smallest absolute Gasteiger partial charge is 0.289 e. The van der Waals surface area contributed by atoms with Gasteiger partial charge in [-0.3, -0.25) is 14.5 Å². The molecule has 1 aliphatic carbocycles. The molecule has 1 unspecified atom stereocenters. The molecule has 1 saturated heterocycles. The van der Waals surface area contributed by atoms with Gasteiger partial charge in [-0.2, -0.15) is 0 Å². The van der Waals surface area contributed by atoms with Crippen LogP contribution in [0.25, 0.3) is 11.5 Å². The molecule has 5 rings (SSSR count). The number of amides is 2. The van der Waals surface area contributed by atoms with Crippen LogP contribution in [0.5, 0.6) is 0 Å². The highest BCUT2D eigenvalue weighted by molar-refractivity contribution is 8.15. The Hall–Kier alpha value is -2.90. The first kappa shape index (κ1) is 25.7. The Labute approximate surface area is 222 Å². The van der Waals surface area contributed by atoms with Crippen LogP contribution in [0.4, 0.5) is 4.79 Å². The third kappa shape index (κ3) is 6.33. The van der Waals surface area contributed by atoms with Crippen molar-refractivity contribution in [3.05, 3.63) is 77.2 Å². The molecular formula is C30H34N2O4S. The zero-order valence-corrected chi connectivity index (χ0v) is 22.3. The number of carbonyl (C=O) groups is 2. The van der Waals surface area contributed by atoms with Crippen molar-refractivity contribution in [3.8, 4) is 11.5 Å². The van der Waals surface area contributed by atoms with E-state index in [1.165, 1.54) is 22.2 Å². The molecule has 2 amide bonds. The first-order chi connectivity index (χ1) is 18.0. The van der Waals surface area contributed by atoms with Crippen molar-refractivity contribution in [2.24, 2.45) is 5.92 Å². The van der Waals surface area contributed by atoms with E-state index in [4.69, 9.17) is 9.15 Å². The molecule has 7 heteroatoms. The summed E-state index contributed by atoms with van der Waals surface area (Å²) in [6.07, 6.45) is 6.14. The zero-order chi connectivity index (χ0) is 25.8. The van der Waals surface area contributed by atoms with Crippen molar-refractivity contribution < 1.29 is 18.7 Å². The molecule has 1 aromatic heterocycles. The van der Waals surface area contributed by atoms with Gasteiger partial charge in [-0.05, 0) is 63.1 Å². The Morgan fingerprint density at radius 2 is 1.81 bits per heavy atom. The Bertz CT molecular complexity index is 1220. The topological polar surface area (TPSA) is 72.6 Å². The van der Waals surface area contributed by atoms with Crippen molar-refractivity contribution in [1.29, 1.82) is 0 Å². The fraction of sp³-hybridized carbons (Fsp3) is 0.433.